The van der Waals surface area contributed by atoms with Crippen LogP contribution in [-0.2, 0) is 4.84 Å². The minimum absolute atomic E-state index is 0.330. The van der Waals surface area contributed by atoms with E-state index >= 15 is 0 Å². The first-order chi connectivity index (χ1) is 7.95. The molecule has 17 heavy (non-hydrogen) atoms. The first-order valence-corrected chi connectivity index (χ1v) is 4.99. The fraction of sp³-hybridized carbons (Fsp3) is 0.556. The molecule has 2 atom stereocenters. The molecule has 0 radical (unpaired) electrons. The van der Waals surface area contributed by atoms with Gasteiger partial charge >= 0.3 is 5.69 Å². The number of H-pyrrole nitrogens is 1. The predicted octanol–water partition coefficient (Wildman–Crippen LogP) is -1.94. The van der Waals surface area contributed by atoms with Gasteiger partial charge in [-0.2, -0.15) is 10.3 Å². The third kappa shape index (κ3) is 3.41. The Labute approximate surface area is 96.4 Å². The zero-order valence-corrected chi connectivity index (χ0v) is 9.51. The Kier molecular flexibility index (Phi) is 4.44. The Morgan fingerprint density at radius 3 is 2.82 bits per heavy atom. The molecule has 0 amide bonds. The summed E-state index contributed by atoms with van der Waals surface area (Å²) in [6, 6.07) is 0. The van der Waals surface area contributed by atoms with Gasteiger partial charge in [-0.15, -0.1) is 0 Å². The largest absolute Gasteiger partial charge is 0.394 e. The lowest BCUT2D eigenvalue weighted by molar-refractivity contribution is -0.0402. The van der Waals surface area contributed by atoms with E-state index in [1.54, 1.807) is 0 Å². The Morgan fingerprint density at radius 2 is 2.24 bits per heavy atom. The van der Waals surface area contributed by atoms with Crippen molar-refractivity contribution in [1.29, 1.82) is 0 Å². The molecular weight excluding hydrogens is 230 g/mol. The van der Waals surface area contributed by atoms with Gasteiger partial charge in [-0.05, 0) is 13.8 Å². The number of aromatic amines is 1. The molecular formula is C9H15N3O5. The van der Waals surface area contributed by atoms with E-state index in [0.717, 1.165) is 4.68 Å². The molecule has 8 nitrogen and oxygen atoms in total. The first-order valence-electron chi connectivity index (χ1n) is 4.99. The summed E-state index contributed by atoms with van der Waals surface area (Å²) in [5, 5.41) is 17.9. The third-order valence-corrected chi connectivity index (χ3v) is 2.19. The van der Waals surface area contributed by atoms with Crippen LogP contribution in [0.4, 0.5) is 0 Å². The molecule has 1 rings (SSSR count). The lowest BCUT2D eigenvalue weighted by Crippen LogP contribution is -2.40. The van der Waals surface area contributed by atoms with Crippen molar-refractivity contribution in [2.45, 2.75) is 26.1 Å². The monoisotopic (exact) mass is 245 g/mol. The number of rotatable bonds is 5. The molecule has 1 aromatic heterocycles. The van der Waals surface area contributed by atoms with Crippen molar-refractivity contribution in [3.63, 3.8) is 0 Å². The number of hydrogen-bond acceptors (Lipinski definition) is 6. The molecule has 96 valence electrons. The van der Waals surface area contributed by atoms with E-state index in [2.05, 4.69) is 10.6 Å². The molecule has 0 aliphatic rings. The lowest BCUT2D eigenvalue weighted by Gasteiger charge is -2.18. The molecule has 0 saturated heterocycles. The van der Waals surface area contributed by atoms with Crippen LogP contribution in [0, 0.1) is 6.92 Å². The molecule has 4 N–H and O–H groups in total. The van der Waals surface area contributed by atoms with Crippen molar-refractivity contribution < 1.29 is 15.1 Å². The molecule has 1 unspecified atom stereocenters. The SMILES string of the molecule is Cc1cn(NOC(C)[C@H](O)CO)c(=O)[nH]c1=O. The fourth-order valence-electron chi connectivity index (χ4n) is 1.00. The normalized spacial score (nSPS) is 14.4. The van der Waals surface area contributed by atoms with Gasteiger partial charge in [0.1, 0.15) is 12.2 Å². The topological polar surface area (TPSA) is 117 Å². The number of aliphatic hydroxyl groups is 2. The van der Waals surface area contributed by atoms with Gasteiger partial charge in [0.15, 0.2) is 0 Å². The highest BCUT2D eigenvalue weighted by Gasteiger charge is 2.14. The molecule has 1 aromatic rings. The van der Waals surface area contributed by atoms with Crippen LogP contribution in [0.2, 0.25) is 0 Å². The highest BCUT2D eigenvalue weighted by Crippen LogP contribution is 1.95. The third-order valence-electron chi connectivity index (χ3n) is 2.19. The van der Waals surface area contributed by atoms with Crippen LogP contribution in [-0.4, -0.2) is 38.7 Å². The lowest BCUT2D eigenvalue weighted by atomic mass is 10.2. The zero-order valence-electron chi connectivity index (χ0n) is 9.51. The second kappa shape index (κ2) is 5.62. The quantitative estimate of drug-likeness (QED) is 0.448. The average Bonchev–Trinajstić information content (AvgIpc) is 2.30. The number of nitrogens with one attached hydrogen (secondary N) is 2. The van der Waals surface area contributed by atoms with Crippen molar-refractivity contribution in [3.8, 4) is 0 Å². The Hall–Kier alpha value is -1.64. The van der Waals surface area contributed by atoms with Crippen molar-refractivity contribution in [2.24, 2.45) is 0 Å². The molecule has 0 saturated carbocycles. The number of aryl methyl sites for hydroxylation is 1. The van der Waals surface area contributed by atoms with E-state index in [-0.39, 0.29) is 0 Å². The van der Waals surface area contributed by atoms with E-state index in [9.17, 15) is 14.7 Å². The highest BCUT2D eigenvalue weighted by atomic mass is 16.7. The maximum Gasteiger partial charge on any atom is 0.348 e. The molecule has 0 spiro atoms. The Balaban J connectivity index is 2.73. The first kappa shape index (κ1) is 13.4. The van der Waals surface area contributed by atoms with Crippen LogP contribution >= 0.6 is 0 Å². The summed E-state index contributed by atoms with van der Waals surface area (Å²) in [7, 11) is 0. The fourth-order valence-corrected chi connectivity index (χ4v) is 1.00. The van der Waals surface area contributed by atoms with Crippen LogP contribution in [0.25, 0.3) is 0 Å². The number of aliphatic hydroxyl groups excluding tert-OH is 2. The summed E-state index contributed by atoms with van der Waals surface area (Å²) in [6.45, 7) is 2.59. The zero-order chi connectivity index (χ0) is 13.0. The molecule has 1 heterocycles. The van der Waals surface area contributed by atoms with Crippen LogP contribution < -0.4 is 16.8 Å². The molecule has 0 aliphatic carbocycles. The van der Waals surface area contributed by atoms with Gasteiger partial charge in [0.2, 0.25) is 0 Å². The minimum atomic E-state index is -1.07. The summed E-state index contributed by atoms with van der Waals surface area (Å²) in [4.78, 5) is 29.4. The van der Waals surface area contributed by atoms with E-state index in [4.69, 9.17) is 9.94 Å². The number of hydrogen-bond donors (Lipinski definition) is 4. The van der Waals surface area contributed by atoms with Crippen molar-refractivity contribution in [2.75, 3.05) is 12.2 Å². The van der Waals surface area contributed by atoms with Gasteiger partial charge in [0.25, 0.3) is 5.56 Å². The molecule has 0 bridgehead atoms. The Morgan fingerprint density at radius 1 is 1.59 bits per heavy atom. The van der Waals surface area contributed by atoms with Crippen molar-refractivity contribution in [3.05, 3.63) is 32.6 Å². The average molecular weight is 245 g/mol. The molecule has 0 aromatic carbocycles. The van der Waals surface area contributed by atoms with Gasteiger partial charge < -0.3 is 10.2 Å². The van der Waals surface area contributed by atoms with Gasteiger partial charge in [0.05, 0.1) is 6.61 Å². The van der Waals surface area contributed by atoms with Crippen LogP contribution in [0.1, 0.15) is 12.5 Å². The van der Waals surface area contributed by atoms with E-state index in [0.29, 0.717) is 5.56 Å². The van der Waals surface area contributed by atoms with E-state index in [1.807, 2.05) is 0 Å². The van der Waals surface area contributed by atoms with Crippen LogP contribution in [0.5, 0.6) is 0 Å². The summed E-state index contributed by atoms with van der Waals surface area (Å²) in [5.74, 6) is 0. The van der Waals surface area contributed by atoms with Gasteiger partial charge in [-0.1, -0.05) is 0 Å². The summed E-state index contributed by atoms with van der Waals surface area (Å²) in [5.41, 5.74) is 1.42. The van der Waals surface area contributed by atoms with Crippen LogP contribution in [0.3, 0.4) is 0 Å². The van der Waals surface area contributed by atoms with Gasteiger partial charge in [-0.3, -0.25) is 14.6 Å². The number of aromatic nitrogens is 2. The second-order valence-corrected chi connectivity index (χ2v) is 3.61. The minimum Gasteiger partial charge on any atom is -0.394 e. The molecule has 0 fully saturated rings. The second-order valence-electron chi connectivity index (χ2n) is 3.61. The summed E-state index contributed by atoms with van der Waals surface area (Å²) >= 11 is 0. The standard InChI is InChI=1S/C9H15N3O5/c1-5-3-12(9(16)10-8(5)15)11-17-6(2)7(14)4-13/h3,6-7,11,13-14H,4H2,1-2H3,(H,10,15,16)/t6?,7-/m1/s1. The molecule has 0 aliphatic heterocycles. The maximum atomic E-state index is 11.3. The van der Waals surface area contributed by atoms with Gasteiger partial charge in [0, 0.05) is 11.8 Å². The summed E-state index contributed by atoms with van der Waals surface area (Å²) in [6.07, 6.45) is -0.527. The highest BCUT2D eigenvalue weighted by molar-refractivity contribution is 5.01. The predicted molar refractivity (Wildman–Crippen MR) is 59.1 cm³/mol. The van der Waals surface area contributed by atoms with E-state index < -0.39 is 30.1 Å². The maximum absolute atomic E-state index is 11.3. The smallest absolute Gasteiger partial charge is 0.348 e. The van der Waals surface area contributed by atoms with Crippen molar-refractivity contribution in [1.82, 2.24) is 9.66 Å². The van der Waals surface area contributed by atoms with Gasteiger partial charge in [-0.25, -0.2) is 4.79 Å². The summed E-state index contributed by atoms with van der Waals surface area (Å²) < 4.78 is 0.928. The number of nitrogens with zero attached hydrogens (tertiary/aromatic N) is 1. The molecule has 8 heteroatoms. The van der Waals surface area contributed by atoms with Crippen molar-refractivity contribution >= 4 is 0 Å². The van der Waals surface area contributed by atoms with Crippen LogP contribution in [0.15, 0.2) is 15.8 Å². The Bertz CT molecular complexity index is 480. The van der Waals surface area contributed by atoms with E-state index in [1.165, 1.54) is 20.0 Å².